The van der Waals surface area contributed by atoms with Gasteiger partial charge in [0.25, 0.3) is 0 Å². The molecule has 3 aromatic rings. The molecular formula is C29H34NO5P. The van der Waals surface area contributed by atoms with Crippen LogP contribution in [0, 0.1) is 0 Å². The Balaban J connectivity index is 1.73. The number of carbonyl (C=O) groups is 2. The van der Waals surface area contributed by atoms with E-state index in [4.69, 9.17) is 9.26 Å². The quantitative estimate of drug-likeness (QED) is 0.166. The van der Waals surface area contributed by atoms with Gasteiger partial charge >= 0.3 is 5.97 Å². The molecule has 1 unspecified atom stereocenters. The van der Waals surface area contributed by atoms with E-state index in [1.807, 2.05) is 60.7 Å². The predicted octanol–water partition coefficient (Wildman–Crippen LogP) is 6.20. The molecule has 0 aliphatic carbocycles. The zero-order chi connectivity index (χ0) is 26.0. The fourth-order valence-corrected chi connectivity index (χ4v) is 5.89. The highest BCUT2D eigenvalue weighted by Crippen LogP contribution is 2.47. The van der Waals surface area contributed by atoms with Crippen molar-refractivity contribution in [3.05, 3.63) is 90.5 Å². The molecule has 0 radical (unpaired) electrons. The molecular weight excluding hydrogens is 473 g/mol. The molecule has 0 spiro atoms. The summed E-state index contributed by atoms with van der Waals surface area (Å²) >= 11 is 0. The summed E-state index contributed by atoms with van der Waals surface area (Å²) in [6, 6.07) is 26.5. The van der Waals surface area contributed by atoms with Crippen molar-refractivity contribution < 1.29 is 23.4 Å². The van der Waals surface area contributed by atoms with Crippen LogP contribution in [0.2, 0.25) is 0 Å². The zero-order valence-corrected chi connectivity index (χ0v) is 22.0. The number of esters is 1. The van der Waals surface area contributed by atoms with Crippen molar-refractivity contribution in [3.63, 3.8) is 0 Å². The number of aryl methyl sites for hydroxylation is 1. The van der Waals surface area contributed by atoms with E-state index in [0.717, 1.165) is 24.0 Å². The third-order valence-corrected chi connectivity index (χ3v) is 8.63. The van der Waals surface area contributed by atoms with Crippen molar-refractivity contribution in [1.82, 2.24) is 0 Å². The molecule has 0 fully saturated rings. The molecule has 7 heteroatoms. The first-order valence-corrected chi connectivity index (χ1v) is 14.1. The Morgan fingerprint density at radius 3 is 2.00 bits per heavy atom. The van der Waals surface area contributed by atoms with E-state index in [2.05, 4.69) is 12.1 Å². The van der Waals surface area contributed by atoms with E-state index in [0.29, 0.717) is 18.3 Å². The van der Waals surface area contributed by atoms with Gasteiger partial charge in [-0.05, 0) is 55.0 Å². The van der Waals surface area contributed by atoms with Gasteiger partial charge in [-0.15, -0.1) is 0 Å². The molecule has 0 bridgehead atoms. The Labute approximate surface area is 213 Å². The summed E-state index contributed by atoms with van der Waals surface area (Å²) in [7, 11) is -0.564. The molecule has 3 aromatic carbocycles. The van der Waals surface area contributed by atoms with Crippen LogP contribution in [-0.2, 0) is 29.8 Å². The van der Waals surface area contributed by atoms with Crippen LogP contribution < -0.4 is 4.90 Å². The van der Waals surface area contributed by atoms with Gasteiger partial charge in [0, 0.05) is 19.0 Å². The molecule has 0 aromatic heterocycles. The van der Waals surface area contributed by atoms with E-state index < -0.39 is 25.3 Å². The van der Waals surface area contributed by atoms with Crippen LogP contribution in [0.3, 0.4) is 0 Å². The lowest BCUT2D eigenvalue weighted by Gasteiger charge is -2.29. The van der Waals surface area contributed by atoms with Crippen molar-refractivity contribution >= 4 is 24.9 Å². The lowest BCUT2D eigenvalue weighted by molar-refractivity contribution is -0.142. The predicted molar refractivity (Wildman–Crippen MR) is 145 cm³/mol. The summed E-state index contributed by atoms with van der Waals surface area (Å²) in [6.45, 7) is 1.60. The maximum atomic E-state index is 13.5. The van der Waals surface area contributed by atoms with Crippen molar-refractivity contribution in [1.29, 1.82) is 0 Å². The highest BCUT2D eigenvalue weighted by Gasteiger charge is 2.33. The van der Waals surface area contributed by atoms with Crippen LogP contribution in [0.15, 0.2) is 84.9 Å². The second kappa shape index (κ2) is 13.2. The number of rotatable bonds is 12. The van der Waals surface area contributed by atoms with Gasteiger partial charge in [0.15, 0.2) is 0 Å². The number of nitrogens with zero attached hydrogens (tertiary/aromatic N) is 1. The topological polar surface area (TPSA) is 72.9 Å². The first kappa shape index (κ1) is 27.4. The highest BCUT2D eigenvalue weighted by molar-refractivity contribution is 7.59. The van der Waals surface area contributed by atoms with Crippen LogP contribution in [-0.4, -0.2) is 44.5 Å². The SMILES string of the molecule is COC(=O)[C@H](C)N(C(=O)CP(=O)(CCCCc1ccccc1)OC)c1ccc(-c2ccccc2)cc1. The fourth-order valence-electron chi connectivity index (χ4n) is 4.15. The van der Waals surface area contributed by atoms with Crippen LogP contribution in [0.25, 0.3) is 11.1 Å². The maximum absolute atomic E-state index is 13.5. The molecule has 0 heterocycles. The minimum Gasteiger partial charge on any atom is -0.467 e. The van der Waals surface area contributed by atoms with Crippen LogP contribution in [0.4, 0.5) is 5.69 Å². The van der Waals surface area contributed by atoms with Crippen molar-refractivity contribution in [2.45, 2.75) is 32.2 Å². The van der Waals surface area contributed by atoms with Gasteiger partial charge in [-0.25, -0.2) is 4.79 Å². The number of benzene rings is 3. The van der Waals surface area contributed by atoms with Crippen LogP contribution >= 0.6 is 7.37 Å². The number of ether oxygens (including phenoxy) is 1. The van der Waals surface area contributed by atoms with E-state index in [-0.39, 0.29) is 6.16 Å². The third kappa shape index (κ3) is 7.39. The van der Waals surface area contributed by atoms with Gasteiger partial charge < -0.3 is 9.26 Å². The Morgan fingerprint density at radius 2 is 1.42 bits per heavy atom. The third-order valence-electron chi connectivity index (χ3n) is 6.22. The minimum absolute atomic E-state index is 0.281. The van der Waals surface area contributed by atoms with E-state index in [1.165, 1.54) is 24.7 Å². The first-order valence-electron chi connectivity index (χ1n) is 12.1. The monoisotopic (exact) mass is 507 g/mol. The summed E-state index contributed by atoms with van der Waals surface area (Å²) in [5.41, 5.74) is 3.78. The minimum atomic E-state index is -3.23. The van der Waals surface area contributed by atoms with Gasteiger partial charge in [-0.1, -0.05) is 72.8 Å². The largest absolute Gasteiger partial charge is 0.467 e. The number of hydrogen-bond donors (Lipinski definition) is 0. The number of hydrogen-bond acceptors (Lipinski definition) is 5. The number of unbranched alkanes of at least 4 members (excludes halogenated alkanes) is 1. The molecule has 36 heavy (non-hydrogen) atoms. The maximum Gasteiger partial charge on any atom is 0.328 e. The smallest absolute Gasteiger partial charge is 0.328 e. The van der Waals surface area contributed by atoms with Gasteiger partial charge in [-0.2, -0.15) is 0 Å². The van der Waals surface area contributed by atoms with Crippen LogP contribution in [0.5, 0.6) is 0 Å². The Kier molecular flexibility index (Phi) is 10.0. The molecule has 0 saturated heterocycles. The number of methoxy groups -OCH3 is 1. The van der Waals surface area contributed by atoms with Gasteiger partial charge in [0.05, 0.1) is 7.11 Å². The van der Waals surface area contributed by atoms with Gasteiger partial charge in [0.1, 0.15) is 12.2 Å². The molecule has 6 nitrogen and oxygen atoms in total. The van der Waals surface area contributed by atoms with E-state index in [1.54, 1.807) is 19.1 Å². The lowest BCUT2D eigenvalue weighted by atomic mass is 10.0. The number of anilines is 1. The standard InChI is InChI=1S/C29H34NO5P/c1-23(29(32)34-2)30(27-19-17-26(18-20-27)25-15-8-5-9-16-25)28(31)22-36(33,35-3)21-11-10-14-24-12-6-4-7-13-24/h4-9,12-13,15-20,23H,10-11,14,21-22H2,1-3H3/t23-,36?/m0/s1. The Hall–Kier alpha value is -3.21. The zero-order valence-electron chi connectivity index (χ0n) is 21.1. The van der Waals surface area contributed by atoms with Crippen LogP contribution in [0.1, 0.15) is 25.3 Å². The normalized spacial score (nSPS) is 13.4. The van der Waals surface area contributed by atoms with E-state index in [9.17, 15) is 14.2 Å². The summed E-state index contributed by atoms with van der Waals surface area (Å²) in [4.78, 5) is 27.2. The second-order valence-electron chi connectivity index (χ2n) is 8.70. The lowest BCUT2D eigenvalue weighted by Crippen LogP contribution is -2.45. The molecule has 0 aliphatic rings. The average Bonchev–Trinajstić information content (AvgIpc) is 2.92. The summed E-state index contributed by atoms with van der Waals surface area (Å²) < 4.78 is 23.7. The first-order chi connectivity index (χ1) is 17.4. The number of amides is 1. The molecule has 0 N–H and O–H groups in total. The molecule has 0 aliphatic heterocycles. The summed E-state index contributed by atoms with van der Waals surface area (Å²) in [5, 5.41) is 0. The molecule has 0 saturated carbocycles. The van der Waals surface area contributed by atoms with Crippen molar-refractivity contribution in [3.8, 4) is 11.1 Å². The molecule has 1 amide bonds. The summed E-state index contributed by atoms with van der Waals surface area (Å²) in [6.07, 6.45) is 2.41. The highest BCUT2D eigenvalue weighted by atomic mass is 31.2. The number of carbonyl (C=O) groups excluding carboxylic acids is 2. The van der Waals surface area contributed by atoms with E-state index >= 15 is 0 Å². The van der Waals surface area contributed by atoms with Gasteiger partial charge in [-0.3, -0.25) is 14.3 Å². The fraction of sp³-hybridized carbons (Fsp3) is 0.310. The average molecular weight is 508 g/mol. The second-order valence-corrected chi connectivity index (χ2v) is 11.5. The molecule has 2 atom stereocenters. The van der Waals surface area contributed by atoms with Crippen molar-refractivity contribution in [2.24, 2.45) is 0 Å². The van der Waals surface area contributed by atoms with Crippen molar-refractivity contribution in [2.75, 3.05) is 31.4 Å². The molecule has 190 valence electrons. The Bertz CT molecular complexity index is 1170. The summed E-state index contributed by atoms with van der Waals surface area (Å²) in [5.74, 6) is -0.987. The Morgan fingerprint density at radius 1 is 0.833 bits per heavy atom. The molecule has 3 rings (SSSR count). The van der Waals surface area contributed by atoms with Gasteiger partial charge in [0.2, 0.25) is 13.3 Å².